The van der Waals surface area contributed by atoms with Crippen LogP contribution in [-0.2, 0) is 16.0 Å². The van der Waals surface area contributed by atoms with Crippen LogP contribution in [0.5, 0.6) is 0 Å². The molecule has 5 nitrogen and oxygen atoms in total. The molecule has 2 rings (SSSR count). The zero-order valence-electron chi connectivity index (χ0n) is 11.4. The summed E-state index contributed by atoms with van der Waals surface area (Å²) in [5.41, 5.74) is 2.25. The third kappa shape index (κ3) is 3.71. The Hall–Kier alpha value is -2.56. The predicted molar refractivity (Wildman–Crippen MR) is 76.5 cm³/mol. The van der Waals surface area contributed by atoms with Crippen LogP contribution in [-0.4, -0.2) is 11.8 Å². The molecule has 0 aliphatic carbocycles. The minimum Gasteiger partial charge on any atom is -0.469 e. The van der Waals surface area contributed by atoms with E-state index in [2.05, 4.69) is 10.6 Å². The van der Waals surface area contributed by atoms with Crippen molar-refractivity contribution in [3.05, 3.63) is 47.9 Å². The Balaban J connectivity index is 2.07. The monoisotopic (exact) mass is 272 g/mol. The third-order valence-electron chi connectivity index (χ3n) is 2.75. The van der Waals surface area contributed by atoms with E-state index >= 15 is 0 Å². The first kappa shape index (κ1) is 13.9. The minimum atomic E-state index is -0.164. The van der Waals surface area contributed by atoms with Crippen LogP contribution in [0, 0.1) is 6.92 Å². The fourth-order valence-corrected chi connectivity index (χ4v) is 1.80. The van der Waals surface area contributed by atoms with Crippen molar-refractivity contribution in [3.63, 3.8) is 0 Å². The molecular formula is C15H16N2O3. The maximum absolute atomic E-state index is 11.9. The number of carbonyl (C=O) groups excluding carboxylic acids is 2. The highest BCUT2D eigenvalue weighted by atomic mass is 16.3. The molecule has 2 amide bonds. The second kappa shape index (κ2) is 6.06. The fourth-order valence-electron chi connectivity index (χ4n) is 1.80. The number of nitrogens with one attached hydrogen (secondary N) is 2. The summed E-state index contributed by atoms with van der Waals surface area (Å²) in [6.45, 7) is 3.33. The Bertz CT molecular complexity index is 618. The first-order chi connectivity index (χ1) is 9.54. The van der Waals surface area contributed by atoms with E-state index in [0.717, 1.165) is 5.56 Å². The molecule has 0 unspecified atom stereocenters. The molecule has 0 saturated carbocycles. The topological polar surface area (TPSA) is 71.3 Å². The molecule has 0 atom stereocenters. The van der Waals surface area contributed by atoms with Gasteiger partial charge in [0, 0.05) is 18.3 Å². The predicted octanol–water partition coefficient (Wildman–Crippen LogP) is 2.73. The molecule has 0 bridgehead atoms. The molecule has 0 fully saturated rings. The highest BCUT2D eigenvalue weighted by molar-refractivity contribution is 5.94. The van der Waals surface area contributed by atoms with Crippen LogP contribution < -0.4 is 10.6 Å². The number of carbonyl (C=O) groups is 2. The number of anilines is 2. The molecule has 2 N–H and O–H groups in total. The summed E-state index contributed by atoms with van der Waals surface area (Å²) in [4.78, 5) is 22.9. The maximum Gasteiger partial charge on any atom is 0.232 e. The second-order valence-corrected chi connectivity index (χ2v) is 4.52. The van der Waals surface area contributed by atoms with E-state index in [-0.39, 0.29) is 18.2 Å². The number of furan rings is 1. The van der Waals surface area contributed by atoms with Crippen LogP contribution in [0.15, 0.2) is 41.0 Å². The van der Waals surface area contributed by atoms with Gasteiger partial charge in [0.05, 0.1) is 12.7 Å². The number of benzene rings is 1. The van der Waals surface area contributed by atoms with Gasteiger partial charge in [-0.15, -0.1) is 0 Å². The molecule has 0 aliphatic heterocycles. The third-order valence-corrected chi connectivity index (χ3v) is 2.75. The van der Waals surface area contributed by atoms with Gasteiger partial charge in [-0.25, -0.2) is 0 Å². The van der Waals surface area contributed by atoms with Crippen molar-refractivity contribution in [1.29, 1.82) is 0 Å². The van der Waals surface area contributed by atoms with Crippen molar-refractivity contribution < 1.29 is 14.0 Å². The number of hydrogen-bond acceptors (Lipinski definition) is 3. The average molecular weight is 272 g/mol. The quantitative estimate of drug-likeness (QED) is 0.899. The van der Waals surface area contributed by atoms with Crippen LogP contribution in [0.2, 0.25) is 0 Å². The summed E-state index contributed by atoms with van der Waals surface area (Å²) in [5, 5.41) is 5.49. The zero-order valence-corrected chi connectivity index (χ0v) is 11.4. The van der Waals surface area contributed by atoms with E-state index in [1.807, 2.05) is 13.0 Å². The molecule has 0 aliphatic rings. The SMILES string of the molecule is CC(=O)Nc1ccc(C)c(NC(=O)Cc2ccco2)c1. The van der Waals surface area contributed by atoms with Crippen LogP contribution in [0.3, 0.4) is 0 Å². The van der Waals surface area contributed by atoms with Crippen LogP contribution in [0.25, 0.3) is 0 Å². The Morgan fingerprint density at radius 2 is 2.00 bits per heavy atom. The van der Waals surface area contributed by atoms with Crippen molar-refractivity contribution in [3.8, 4) is 0 Å². The second-order valence-electron chi connectivity index (χ2n) is 4.52. The largest absolute Gasteiger partial charge is 0.469 e. The summed E-state index contributed by atoms with van der Waals surface area (Å²) in [6, 6.07) is 8.86. The van der Waals surface area contributed by atoms with Gasteiger partial charge in [-0.1, -0.05) is 6.07 Å². The first-order valence-electron chi connectivity index (χ1n) is 6.25. The van der Waals surface area contributed by atoms with Gasteiger partial charge < -0.3 is 15.1 Å². The molecule has 5 heteroatoms. The normalized spacial score (nSPS) is 10.1. The smallest absolute Gasteiger partial charge is 0.232 e. The molecule has 2 aromatic rings. The van der Waals surface area contributed by atoms with Crippen LogP contribution >= 0.6 is 0 Å². The Kier molecular flexibility index (Phi) is 4.20. The lowest BCUT2D eigenvalue weighted by Gasteiger charge is -2.10. The lowest BCUT2D eigenvalue weighted by molar-refractivity contribution is -0.116. The number of amides is 2. The van der Waals surface area contributed by atoms with Crippen molar-refractivity contribution in [2.45, 2.75) is 20.3 Å². The molecule has 20 heavy (non-hydrogen) atoms. The summed E-state index contributed by atoms with van der Waals surface area (Å²) < 4.78 is 5.13. The maximum atomic E-state index is 11.9. The van der Waals surface area contributed by atoms with E-state index < -0.39 is 0 Å². The van der Waals surface area contributed by atoms with Gasteiger partial charge in [-0.05, 0) is 36.8 Å². The van der Waals surface area contributed by atoms with E-state index in [9.17, 15) is 9.59 Å². The first-order valence-corrected chi connectivity index (χ1v) is 6.25. The van der Waals surface area contributed by atoms with E-state index in [1.165, 1.54) is 13.2 Å². The Labute approximate surface area is 117 Å². The lowest BCUT2D eigenvalue weighted by atomic mass is 10.1. The molecule has 0 spiro atoms. The van der Waals surface area contributed by atoms with Crippen LogP contribution in [0.4, 0.5) is 11.4 Å². The van der Waals surface area contributed by atoms with Gasteiger partial charge in [0.2, 0.25) is 11.8 Å². The van der Waals surface area contributed by atoms with Gasteiger partial charge >= 0.3 is 0 Å². The van der Waals surface area contributed by atoms with Crippen molar-refractivity contribution in [2.75, 3.05) is 10.6 Å². The van der Waals surface area contributed by atoms with Gasteiger partial charge in [-0.3, -0.25) is 9.59 Å². The van der Waals surface area contributed by atoms with Crippen molar-refractivity contribution in [1.82, 2.24) is 0 Å². The summed E-state index contributed by atoms with van der Waals surface area (Å²) in [6.07, 6.45) is 1.71. The minimum absolute atomic E-state index is 0.151. The Morgan fingerprint density at radius 3 is 2.65 bits per heavy atom. The zero-order chi connectivity index (χ0) is 14.5. The molecule has 1 heterocycles. The van der Waals surface area contributed by atoms with Gasteiger partial charge in [0.1, 0.15) is 5.76 Å². The summed E-state index contributed by atoms with van der Waals surface area (Å²) in [7, 11) is 0. The lowest BCUT2D eigenvalue weighted by Crippen LogP contribution is -2.15. The number of rotatable bonds is 4. The van der Waals surface area contributed by atoms with E-state index in [0.29, 0.717) is 17.1 Å². The van der Waals surface area contributed by atoms with Crippen LogP contribution in [0.1, 0.15) is 18.2 Å². The van der Waals surface area contributed by atoms with Gasteiger partial charge in [-0.2, -0.15) is 0 Å². The van der Waals surface area contributed by atoms with Crippen molar-refractivity contribution in [2.24, 2.45) is 0 Å². The molecule has 0 saturated heterocycles. The molecule has 1 aromatic heterocycles. The molecule has 104 valence electrons. The fraction of sp³-hybridized carbons (Fsp3) is 0.200. The standard InChI is InChI=1S/C15H16N2O3/c1-10-5-6-12(16-11(2)18)8-14(10)17-15(19)9-13-4-3-7-20-13/h3-8H,9H2,1-2H3,(H,16,18)(H,17,19). The van der Waals surface area contributed by atoms with E-state index in [1.54, 1.807) is 24.3 Å². The van der Waals surface area contributed by atoms with Gasteiger partial charge in [0.25, 0.3) is 0 Å². The average Bonchev–Trinajstić information content (AvgIpc) is 2.85. The van der Waals surface area contributed by atoms with Gasteiger partial charge in [0.15, 0.2) is 0 Å². The molecule has 0 radical (unpaired) electrons. The molecular weight excluding hydrogens is 256 g/mol. The number of aryl methyl sites for hydroxylation is 1. The molecule has 1 aromatic carbocycles. The highest BCUT2D eigenvalue weighted by Gasteiger charge is 2.08. The number of hydrogen-bond donors (Lipinski definition) is 2. The Morgan fingerprint density at radius 1 is 1.20 bits per heavy atom. The summed E-state index contributed by atoms with van der Waals surface area (Å²) >= 11 is 0. The summed E-state index contributed by atoms with van der Waals surface area (Å²) in [5.74, 6) is 0.294. The highest BCUT2D eigenvalue weighted by Crippen LogP contribution is 2.20. The van der Waals surface area contributed by atoms with E-state index in [4.69, 9.17) is 4.42 Å². The van der Waals surface area contributed by atoms with Crippen molar-refractivity contribution >= 4 is 23.2 Å².